The van der Waals surface area contributed by atoms with E-state index in [0.717, 1.165) is 36.7 Å². The van der Waals surface area contributed by atoms with Gasteiger partial charge in [0.25, 0.3) is 5.91 Å². The van der Waals surface area contributed by atoms with Gasteiger partial charge in [-0.05, 0) is 35.7 Å². The minimum absolute atomic E-state index is 0.146. The van der Waals surface area contributed by atoms with Gasteiger partial charge in [0.15, 0.2) is 0 Å². The molecule has 1 aliphatic heterocycles. The normalized spacial score (nSPS) is 14.9. The molecular formula is C23H21NO3. The summed E-state index contributed by atoms with van der Waals surface area (Å²) in [6, 6.07) is 22.5. The number of carbonyl (C=O) groups is 2. The van der Waals surface area contributed by atoms with Crippen LogP contribution >= 0.6 is 0 Å². The molecular weight excluding hydrogens is 338 g/mol. The monoisotopic (exact) mass is 359 g/mol. The lowest BCUT2D eigenvalue weighted by Gasteiger charge is -2.23. The Balaban J connectivity index is 1.61. The molecule has 0 bridgehead atoms. The fourth-order valence-electron chi connectivity index (χ4n) is 3.48. The second-order valence-corrected chi connectivity index (χ2v) is 6.79. The second kappa shape index (κ2) is 7.62. The van der Waals surface area contributed by atoms with Crippen LogP contribution in [-0.2, 0) is 9.53 Å². The predicted molar refractivity (Wildman–Crippen MR) is 104 cm³/mol. The minimum Gasteiger partial charge on any atom is -0.444 e. The van der Waals surface area contributed by atoms with Gasteiger partial charge in [-0.3, -0.25) is 4.79 Å². The summed E-state index contributed by atoms with van der Waals surface area (Å²) in [7, 11) is 0. The quantitative estimate of drug-likeness (QED) is 0.650. The average Bonchev–Trinajstić information content (AvgIpc) is 3.26. The molecule has 4 heteroatoms. The van der Waals surface area contributed by atoms with E-state index in [2.05, 4.69) is 0 Å². The van der Waals surface area contributed by atoms with Crippen LogP contribution in [0.15, 0.2) is 72.8 Å². The number of carbonyl (C=O) groups excluding carboxylic acids is 2. The number of likely N-dealkylation sites (tertiary alicyclic amines) is 1. The topological polar surface area (TPSA) is 46.6 Å². The number of esters is 1. The first-order valence-corrected chi connectivity index (χ1v) is 9.26. The highest BCUT2D eigenvalue weighted by Crippen LogP contribution is 2.25. The molecule has 3 aromatic carbocycles. The molecule has 4 rings (SSSR count). The molecule has 136 valence electrons. The standard InChI is InChI=1S/C23H21NO3/c25-22(24-14-6-7-15-24)21(18-9-2-1-3-10-18)27-23(26)20-13-12-17-8-4-5-11-19(17)16-20/h1-5,8-13,16,21H,6-7,14-15H2/t21-/m0/s1. The molecule has 1 fully saturated rings. The van der Waals surface area contributed by atoms with E-state index in [1.165, 1.54) is 0 Å². The number of fused-ring (bicyclic) bond motifs is 1. The van der Waals surface area contributed by atoms with E-state index in [9.17, 15) is 9.59 Å². The first kappa shape index (κ1) is 17.3. The van der Waals surface area contributed by atoms with Crippen molar-refractivity contribution < 1.29 is 14.3 Å². The first-order valence-electron chi connectivity index (χ1n) is 9.26. The lowest BCUT2D eigenvalue weighted by Crippen LogP contribution is -2.34. The Kier molecular flexibility index (Phi) is 4.88. The maximum atomic E-state index is 13.0. The SMILES string of the molecule is O=C(O[C@H](C(=O)N1CCCC1)c1ccccc1)c1ccc2ccccc2c1. The summed E-state index contributed by atoms with van der Waals surface area (Å²) in [6.07, 6.45) is 1.07. The molecule has 0 aromatic heterocycles. The molecule has 3 aromatic rings. The van der Waals surface area contributed by atoms with Crippen molar-refractivity contribution in [3.8, 4) is 0 Å². The number of ether oxygens (including phenoxy) is 1. The van der Waals surface area contributed by atoms with Crippen LogP contribution in [0.3, 0.4) is 0 Å². The van der Waals surface area contributed by atoms with Crippen LogP contribution in [0.5, 0.6) is 0 Å². The van der Waals surface area contributed by atoms with E-state index >= 15 is 0 Å². The van der Waals surface area contributed by atoms with E-state index in [0.29, 0.717) is 11.1 Å². The zero-order chi connectivity index (χ0) is 18.6. The molecule has 1 heterocycles. The highest BCUT2D eigenvalue weighted by Gasteiger charge is 2.31. The van der Waals surface area contributed by atoms with E-state index in [4.69, 9.17) is 4.74 Å². The lowest BCUT2D eigenvalue weighted by molar-refractivity contribution is -0.140. The van der Waals surface area contributed by atoms with Gasteiger partial charge in [0.2, 0.25) is 6.10 Å². The molecule has 0 unspecified atom stereocenters. The van der Waals surface area contributed by atoms with Gasteiger partial charge < -0.3 is 9.64 Å². The molecule has 0 N–H and O–H groups in total. The number of hydrogen-bond donors (Lipinski definition) is 0. The summed E-state index contributed by atoms with van der Waals surface area (Å²) in [5.41, 5.74) is 1.15. The zero-order valence-electron chi connectivity index (χ0n) is 15.0. The van der Waals surface area contributed by atoms with Crippen molar-refractivity contribution in [1.29, 1.82) is 0 Å². The second-order valence-electron chi connectivity index (χ2n) is 6.79. The largest absolute Gasteiger partial charge is 0.444 e. The van der Waals surface area contributed by atoms with Crippen LogP contribution < -0.4 is 0 Å². The molecule has 0 radical (unpaired) electrons. The smallest absolute Gasteiger partial charge is 0.339 e. The summed E-state index contributed by atoms with van der Waals surface area (Å²) in [4.78, 5) is 27.6. The number of hydrogen-bond acceptors (Lipinski definition) is 3. The van der Waals surface area contributed by atoms with Crippen molar-refractivity contribution >= 4 is 22.6 Å². The van der Waals surface area contributed by atoms with Crippen molar-refractivity contribution in [3.63, 3.8) is 0 Å². The lowest BCUT2D eigenvalue weighted by atomic mass is 10.1. The van der Waals surface area contributed by atoms with E-state index in [1.54, 1.807) is 17.0 Å². The Labute approximate surface area is 158 Å². The molecule has 0 spiro atoms. The highest BCUT2D eigenvalue weighted by atomic mass is 16.5. The molecule has 1 amide bonds. The highest BCUT2D eigenvalue weighted by molar-refractivity contribution is 5.97. The van der Waals surface area contributed by atoms with E-state index < -0.39 is 12.1 Å². The molecule has 1 aliphatic rings. The van der Waals surface area contributed by atoms with Crippen LogP contribution in [0.25, 0.3) is 10.8 Å². The molecule has 0 saturated carbocycles. The Morgan fingerprint density at radius 3 is 2.22 bits per heavy atom. The maximum absolute atomic E-state index is 13.0. The van der Waals surface area contributed by atoms with Gasteiger partial charge in [-0.15, -0.1) is 0 Å². The Bertz CT molecular complexity index is 962. The number of benzene rings is 3. The summed E-state index contributed by atoms with van der Waals surface area (Å²) in [6.45, 7) is 1.44. The zero-order valence-corrected chi connectivity index (χ0v) is 15.0. The molecule has 0 aliphatic carbocycles. The Morgan fingerprint density at radius 1 is 0.815 bits per heavy atom. The fourth-order valence-corrected chi connectivity index (χ4v) is 3.48. The van der Waals surface area contributed by atoms with Crippen LogP contribution in [-0.4, -0.2) is 29.9 Å². The van der Waals surface area contributed by atoms with Gasteiger partial charge >= 0.3 is 5.97 Å². The number of amides is 1. The Morgan fingerprint density at radius 2 is 1.48 bits per heavy atom. The van der Waals surface area contributed by atoms with Crippen LogP contribution in [0, 0.1) is 0 Å². The third-order valence-electron chi connectivity index (χ3n) is 4.95. The van der Waals surface area contributed by atoms with Gasteiger partial charge in [-0.1, -0.05) is 60.7 Å². The van der Waals surface area contributed by atoms with Crippen molar-refractivity contribution in [2.45, 2.75) is 18.9 Å². The fraction of sp³-hybridized carbons (Fsp3) is 0.217. The summed E-state index contributed by atoms with van der Waals surface area (Å²) >= 11 is 0. The minimum atomic E-state index is -0.914. The Hall–Kier alpha value is -3.14. The van der Waals surface area contributed by atoms with E-state index in [1.807, 2.05) is 60.7 Å². The third-order valence-corrected chi connectivity index (χ3v) is 4.95. The van der Waals surface area contributed by atoms with Crippen LogP contribution in [0.4, 0.5) is 0 Å². The van der Waals surface area contributed by atoms with E-state index in [-0.39, 0.29) is 5.91 Å². The van der Waals surface area contributed by atoms with Gasteiger partial charge in [0, 0.05) is 18.7 Å². The van der Waals surface area contributed by atoms with Crippen molar-refractivity contribution in [3.05, 3.63) is 83.9 Å². The van der Waals surface area contributed by atoms with Gasteiger partial charge in [0.05, 0.1) is 5.56 Å². The van der Waals surface area contributed by atoms with Crippen molar-refractivity contribution in [1.82, 2.24) is 4.90 Å². The van der Waals surface area contributed by atoms with Crippen molar-refractivity contribution in [2.24, 2.45) is 0 Å². The van der Waals surface area contributed by atoms with Gasteiger partial charge in [-0.25, -0.2) is 4.79 Å². The van der Waals surface area contributed by atoms with Gasteiger partial charge in [0.1, 0.15) is 0 Å². The molecule has 1 atom stereocenters. The first-order chi connectivity index (χ1) is 13.2. The molecule has 1 saturated heterocycles. The third kappa shape index (κ3) is 3.70. The maximum Gasteiger partial charge on any atom is 0.339 e. The van der Waals surface area contributed by atoms with Crippen molar-refractivity contribution in [2.75, 3.05) is 13.1 Å². The molecule has 4 nitrogen and oxygen atoms in total. The molecule has 27 heavy (non-hydrogen) atoms. The van der Waals surface area contributed by atoms with Gasteiger partial charge in [-0.2, -0.15) is 0 Å². The number of rotatable bonds is 4. The van der Waals surface area contributed by atoms with Crippen LogP contribution in [0.2, 0.25) is 0 Å². The van der Waals surface area contributed by atoms with Crippen LogP contribution in [0.1, 0.15) is 34.9 Å². The summed E-state index contributed by atoms with van der Waals surface area (Å²) in [5.74, 6) is -0.630. The average molecular weight is 359 g/mol. The predicted octanol–water partition coefficient (Wildman–Crippen LogP) is 4.36. The number of nitrogens with zero attached hydrogens (tertiary/aromatic N) is 1. The summed E-state index contributed by atoms with van der Waals surface area (Å²) < 4.78 is 5.72. The summed E-state index contributed by atoms with van der Waals surface area (Å²) in [5, 5.41) is 2.02.